The van der Waals surface area contributed by atoms with E-state index in [0.29, 0.717) is 0 Å². The number of pyridine rings is 1. The fourth-order valence-corrected chi connectivity index (χ4v) is 6.75. The normalized spacial score (nSPS) is 10.9. The molecule has 0 amide bonds. The van der Waals surface area contributed by atoms with Crippen LogP contribution in [0, 0.1) is 41.5 Å². The largest absolute Gasteiger partial charge is 0.256 e. The molecule has 2 heteroatoms. The Morgan fingerprint density at radius 1 is 0.327 bits per heavy atom. The van der Waals surface area contributed by atoms with Gasteiger partial charge in [-0.2, -0.15) is 0 Å². The molecule has 7 aromatic rings. The van der Waals surface area contributed by atoms with Gasteiger partial charge < -0.3 is 0 Å². The van der Waals surface area contributed by atoms with E-state index in [1.807, 2.05) is 6.20 Å². The monoisotopic (exact) mass is 812 g/mol. The standard InChI is InChI=1S/C47H41N.Ir/c1-30-19-22-36(27-33(30)4)39-13-7-10-16-42(39)44-25-26-48-47(45-18-12-9-15-41(45)38-24-21-32(3)35(6)29-38)46(44)43-17-11-8-14-40(43)37-23-20-31(2)34(5)28-37;/h7-29H,1-6H3;. The molecule has 1 nitrogen and oxygen atoms in total. The van der Waals surface area contributed by atoms with Crippen LogP contribution in [0.25, 0.3) is 66.9 Å². The van der Waals surface area contributed by atoms with Crippen LogP contribution in [0.5, 0.6) is 0 Å². The Balaban J connectivity index is 0.00000417. The van der Waals surface area contributed by atoms with Crippen molar-refractivity contribution in [2.24, 2.45) is 0 Å². The molecule has 0 aliphatic rings. The van der Waals surface area contributed by atoms with Crippen molar-refractivity contribution in [1.82, 2.24) is 4.98 Å². The second kappa shape index (κ2) is 14.3. The minimum atomic E-state index is 0. The molecular formula is C47H41IrN. The van der Waals surface area contributed by atoms with Crippen molar-refractivity contribution < 1.29 is 20.1 Å². The second-order valence-corrected chi connectivity index (χ2v) is 13.1. The topological polar surface area (TPSA) is 12.9 Å². The Kier molecular flexibility index (Phi) is 9.93. The van der Waals surface area contributed by atoms with Crippen molar-refractivity contribution in [2.45, 2.75) is 41.5 Å². The molecule has 0 aliphatic heterocycles. The van der Waals surface area contributed by atoms with Crippen LogP contribution in [0.15, 0.2) is 140 Å². The molecule has 0 spiro atoms. The zero-order valence-electron chi connectivity index (χ0n) is 29.1. The number of aromatic nitrogens is 1. The summed E-state index contributed by atoms with van der Waals surface area (Å²) in [6.07, 6.45) is 1.99. The van der Waals surface area contributed by atoms with E-state index < -0.39 is 0 Å². The van der Waals surface area contributed by atoms with Crippen LogP contribution in [0.1, 0.15) is 33.4 Å². The molecule has 0 unspecified atom stereocenters. The van der Waals surface area contributed by atoms with Crippen LogP contribution in [-0.2, 0) is 20.1 Å². The fraction of sp³-hybridized carbons (Fsp3) is 0.128. The summed E-state index contributed by atoms with van der Waals surface area (Å²) < 4.78 is 0. The van der Waals surface area contributed by atoms with Crippen molar-refractivity contribution >= 4 is 0 Å². The molecule has 0 aliphatic carbocycles. The SMILES string of the molecule is Cc1ccc(-c2ccccc2-c2ccnc(-c3ccccc3-c3ccc(C)c(C)c3)c2-c2ccccc2-c2ccc(C)c(C)c2)cc1C.[Ir]. The molecule has 0 atom stereocenters. The van der Waals surface area contributed by atoms with Gasteiger partial charge in [-0.25, -0.2) is 0 Å². The van der Waals surface area contributed by atoms with Gasteiger partial charge in [0.1, 0.15) is 0 Å². The van der Waals surface area contributed by atoms with Crippen LogP contribution in [0.2, 0.25) is 0 Å². The number of nitrogens with zero attached hydrogens (tertiary/aromatic N) is 1. The number of benzene rings is 6. The van der Waals surface area contributed by atoms with Gasteiger partial charge >= 0.3 is 0 Å². The molecular weight excluding hydrogens is 771 g/mol. The third-order valence-corrected chi connectivity index (χ3v) is 10.0. The van der Waals surface area contributed by atoms with Gasteiger partial charge in [0.15, 0.2) is 0 Å². The Morgan fingerprint density at radius 2 is 0.694 bits per heavy atom. The van der Waals surface area contributed by atoms with Crippen molar-refractivity contribution in [3.8, 4) is 66.9 Å². The van der Waals surface area contributed by atoms with E-state index >= 15 is 0 Å². The number of aryl methyl sites for hydroxylation is 6. The van der Waals surface area contributed by atoms with Crippen molar-refractivity contribution in [3.05, 3.63) is 173 Å². The molecule has 7 rings (SSSR count). The van der Waals surface area contributed by atoms with Crippen LogP contribution >= 0.6 is 0 Å². The molecule has 0 bridgehead atoms. The first kappa shape index (κ1) is 34.0. The number of hydrogen-bond acceptors (Lipinski definition) is 1. The first-order chi connectivity index (χ1) is 23.3. The molecule has 0 fully saturated rings. The summed E-state index contributed by atoms with van der Waals surface area (Å²) in [7, 11) is 0. The van der Waals surface area contributed by atoms with Crippen LogP contribution in [-0.4, -0.2) is 4.98 Å². The molecule has 243 valence electrons. The molecule has 1 radical (unpaired) electrons. The Bertz CT molecular complexity index is 2200. The minimum Gasteiger partial charge on any atom is -0.256 e. The summed E-state index contributed by atoms with van der Waals surface area (Å²) in [4.78, 5) is 5.23. The first-order valence-corrected chi connectivity index (χ1v) is 16.8. The molecule has 0 saturated carbocycles. The Hall–Kier alpha value is -4.88. The molecule has 1 aromatic heterocycles. The summed E-state index contributed by atoms with van der Waals surface area (Å²) in [5.41, 5.74) is 21.7. The quantitative estimate of drug-likeness (QED) is 0.163. The summed E-state index contributed by atoms with van der Waals surface area (Å²) >= 11 is 0. The van der Waals surface area contributed by atoms with Gasteiger partial charge in [-0.3, -0.25) is 4.98 Å². The maximum atomic E-state index is 5.23. The number of hydrogen-bond donors (Lipinski definition) is 0. The van der Waals surface area contributed by atoms with Gasteiger partial charge in [-0.05, 0) is 131 Å². The predicted octanol–water partition coefficient (Wildman–Crippen LogP) is 12.9. The maximum absolute atomic E-state index is 5.23. The van der Waals surface area contributed by atoms with Crippen molar-refractivity contribution in [2.75, 3.05) is 0 Å². The summed E-state index contributed by atoms with van der Waals surface area (Å²) in [6.45, 7) is 13.1. The molecule has 0 saturated heterocycles. The molecule has 0 N–H and O–H groups in total. The minimum absolute atomic E-state index is 0. The van der Waals surface area contributed by atoms with Crippen LogP contribution in [0.3, 0.4) is 0 Å². The van der Waals surface area contributed by atoms with E-state index in [2.05, 4.69) is 175 Å². The maximum Gasteiger partial charge on any atom is 0.0792 e. The van der Waals surface area contributed by atoms with Gasteiger partial charge in [0.25, 0.3) is 0 Å². The van der Waals surface area contributed by atoms with Crippen LogP contribution < -0.4 is 0 Å². The smallest absolute Gasteiger partial charge is 0.0792 e. The van der Waals surface area contributed by atoms with Gasteiger partial charge in [-0.15, -0.1) is 0 Å². The van der Waals surface area contributed by atoms with Crippen molar-refractivity contribution in [3.63, 3.8) is 0 Å². The van der Waals surface area contributed by atoms with Crippen LogP contribution in [0.4, 0.5) is 0 Å². The second-order valence-electron chi connectivity index (χ2n) is 13.1. The van der Waals surface area contributed by atoms with Crippen molar-refractivity contribution in [1.29, 1.82) is 0 Å². The molecule has 1 heterocycles. The fourth-order valence-electron chi connectivity index (χ4n) is 6.75. The van der Waals surface area contributed by atoms with E-state index in [9.17, 15) is 0 Å². The van der Waals surface area contributed by atoms with E-state index in [4.69, 9.17) is 4.98 Å². The van der Waals surface area contributed by atoms with Gasteiger partial charge in [0, 0.05) is 37.4 Å². The summed E-state index contributed by atoms with van der Waals surface area (Å²) in [6, 6.07) is 48.9. The first-order valence-electron chi connectivity index (χ1n) is 16.8. The third-order valence-electron chi connectivity index (χ3n) is 10.0. The zero-order valence-corrected chi connectivity index (χ0v) is 31.5. The third kappa shape index (κ3) is 6.60. The molecule has 6 aromatic carbocycles. The van der Waals surface area contributed by atoms with Gasteiger partial charge in [0.2, 0.25) is 0 Å². The summed E-state index contributed by atoms with van der Waals surface area (Å²) in [5.74, 6) is 0. The Labute approximate surface area is 305 Å². The predicted molar refractivity (Wildman–Crippen MR) is 205 cm³/mol. The van der Waals surface area contributed by atoms with E-state index in [1.165, 1.54) is 83.5 Å². The molecule has 49 heavy (non-hydrogen) atoms. The van der Waals surface area contributed by atoms with E-state index in [-0.39, 0.29) is 20.1 Å². The average molecular weight is 812 g/mol. The van der Waals surface area contributed by atoms with Gasteiger partial charge in [0.05, 0.1) is 5.69 Å². The summed E-state index contributed by atoms with van der Waals surface area (Å²) in [5, 5.41) is 0. The van der Waals surface area contributed by atoms with E-state index in [1.54, 1.807) is 0 Å². The zero-order chi connectivity index (χ0) is 33.4. The average Bonchev–Trinajstić information content (AvgIpc) is 3.11. The van der Waals surface area contributed by atoms with E-state index in [0.717, 1.165) is 16.8 Å². The number of rotatable bonds is 6. The Morgan fingerprint density at radius 3 is 1.14 bits per heavy atom. The van der Waals surface area contributed by atoms with Gasteiger partial charge in [-0.1, -0.05) is 127 Å².